The van der Waals surface area contributed by atoms with Crippen molar-refractivity contribution < 1.29 is 0 Å². The summed E-state index contributed by atoms with van der Waals surface area (Å²) in [7, 11) is 0. The van der Waals surface area contributed by atoms with Crippen LogP contribution in [0.3, 0.4) is 0 Å². The normalized spacial score (nSPS) is 15.4. The second-order valence-corrected chi connectivity index (χ2v) is 27.5. The summed E-state index contributed by atoms with van der Waals surface area (Å²) in [4.78, 5) is 10.9. The fraction of sp³-hybridized carbons (Fsp3) is 1.00. The molecule has 0 bridgehead atoms. The number of unbranched alkanes of at least 4 members (excludes halogenated alkanes) is 1. The van der Waals surface area contributed by atoms with Gasteiger partial charge in [-0.2, -0.15) is 0 Å². The lowest BCUT2D eigenvalue weighted by Crippen LogP contribution is -2.56. The monoisotopic (exact) mass is 821 g/mol. The van der Waals surface area contributed by atoms with Crippen molar-refractivity contribution in [1.82, 2.24) is 30.2 Å². The summed E-state index contributed by atoms with van der Waals surface area (Å²) in [5, 5.41) is 8.26. The molecule has 0 heterocycles. The minimum absolute atomic E-state index is 0.0403. The van der Waals surface area contributed by atoms with E-state index in [-0.39, 0.29) is 55.4 Å². The van der Waals surface area contributed by atoms with Crippen molar-refractivity contribution in [3.63, 3.8) is 0 Å². The summed E-state index contributed by atoms with van der Waals surface area (Å²) in [5.74, 6) is 1.12. The maximum absolute atomic E-state index is 4.13. The van der Waals surface area contributed by atoms with E-state index < -0.39 is 0 Å². The van der Waals surface area contributed by atoms with Crippen LogP contribution in [0.4, 0.5) is 0 Å². The highest BCUT2D eigenvalue weighted by atomic mass is 15.3. The van der Waals surface area contributed by atoms with Crippen molar-refractivity contribution in [3.8, 4) is 0 Å². The van der Waals surface area contributed by atoms with Gasteiger partial charge in [-0.05, 0) is 283 Å². The van der Waals surface area contributed by atoms with Crippen LogP contribution >= 0.6 is 0 Å². The Morgan fingerprint density at radius 2 is 0.431 bits per heavy atom. The molecule has 0 amide bonds. The number of nitrogens with zero attached hydrogens (tertiary/aromatic N) is 4. The number of nitrogens with one attached hydrogen (secondary N) is 2. The summed E-state index contributed by atoms with van der Waals surface area (Å²) < 4.78 is 0. The molecule has 0 aliphatic rings. The van der Waals surface area contributed by atoms with Crippen LogP contribution in [0, 0.1) is 11.8 Å². The van der Waals surface area contributed by atoms with E-state index in [0.717, 1.165) is 39.3 Å². The van der Waals surface area contributed by atoms with Crippen LogP contribution in [-0.2, 0) is 0 Å². The van der Waals surface area contributed by atoms with E-state index in [1.165, 1.54) is 38.5 Å². The van der Waals surface area contributed by atoms with Crippen LogP contribution in [0.1, 0.15) is 232 Å². The first-order valence-corrected chi connectivity index (χ1v) is 24.0. The Balaban J connectivity index is 6.04. The molecule has 0 saturated carbocycles. The average molecular weight is 822 g/mol. The molecular weight excluding hydrogens is 709 g/mol. The third kappa shape index (κ3) is 20.3. The lowest BCUT2D eigenvalue weighted by molar-refractivity contribution is 0.0126. The summed E-state index contributed by atoms with van der Waals surface area (Å²) in [6, 6.07) is 0. The van der Waals surface area contributed by atoms with Crippen LogP contribution in [0.25, 0.3) is 0 Å². The Bertz CT molecular complexity index is 924. The molecule has 0 aromatic heterocycles. The zero-order valence-corrected chi connectivity index (χ0v) is 45.4. The Morgan fingerprint density at radius 1 is 0.276 bits per heavy atom. The van der Waals surface area contributed by atoms with Crippen LogP contribution in [0.15, 0.2) is 0 Å². The van der Waals surface area contributed by atoms with E-state index in [9.17, 15) is 0 Å². The third-order valence-electron chi connectivity index (χ3n) is 13.1. The standard InChI is InChI=1S/C52H112N6/c1-43(2,3)55(44(4,5)6)37-31-41(32-38-56(45(7,8)9)46(10,11)12)51(25,26)53-35-29-30-36-54-52(27,28)42(33-39-57(47(13,14)15)48(16,17)18)34-40-58(49(19,20)21)50(22,23)24/h41-42,53-54H,29-40H2,1-28H3. The third-order valence-corrected chi connectivity index (χ3v) is 13.1. The van der Waals surface area contributed by atoms with E-state index in [1.807, 2.05) is 0 Å². The molecule has 0 fully saturated rings. The molecule has 350 valence electrons. The predicted octanol–water partition coefficient (Wildman–Crippen LogP) is 12.9. The Labute approximate surface area is 367 Å². The first-order chi connectivity index (χ1) is 25.4. The van der Waals surface area contributed by atoms with Crippen LogP contribution in [0.5, 0.6) is 0 Å². The molecule has 0 spiro atoms. The van der Waals surface area contributed by atoms with Gasteiger partial charge in [0.05, 0.1) is 0 Å². The second kappa shape index (κ2) is 21.0. The highest BCUT2D eigenvalue weighted by Crippen LogP contribution is 2.35. The zero-order valence-electron chi connectivity index (χ0n) is 45.4. The fourth-order valence-corrected chi connectivity index (χ4v) is 10.9. The van der Waals surface area contributed by atoms with E-state index in [4.69, 9.17) is 0 Å². The molecule has 0 aromatic rings. The Kier molecular flexibility index (Phi) is 20.9. The summed E-state index contributed by atoms with van der Waals surface area (Å²) >= 11 is 0. The van der Waals surface area contributed by atoms with Crippen molar-refractivity contribution in [1.29, 1.82) is 0 Å². The van der Waals surface area contributed by atoms with E-state index in [0.29, 0.717) is 11.8 Å². The zero-order chi connectivity index (χ0) is 46.4. The van der Waals surface area contributed by atoms with Crippen molar-refractivity contribution in [2.75, 3.05) is 39.3 Å². The van der Waals surface area contributed by atoms with Crippen molar-refractivity contribution >= 4 is 0 Å². The SMILES string of the molecule is CC(C)(NCCCCNC(C)(C)C(CCN(C(C)(C)C)C(C)(C)C)CCN(C(C)(C)C)C(C)(C)C)C(CCN(C(C)(C)C)C(C)(C)C)CCN(C(C)(C)C)C(C)(C)C. The van der Waals surface area contributed by atoms with Gasteiger partial charge in [-0.15, -0.1) is 0 Å². The molecule has 6 heteroatoms. The molecule has 0 radical (unpaired) electrons. The fourth-order valence-electron chi connectivity index (χ4n) is 10.9. The minimum atomic E-state index is 0.0403. The van der Waals surface area contributed by atoms with Gasteiger partial charge in [0.25, 0.3) is 0 Å². The second-order valence-electron chi connectivity index (χ2n) is 27.5. The summed E-state index contributed by atoms with van der Waals surface area (Å²) in [6.45, 7) is 73.7. The molecule has 6 nitrogen and oxygen atoms in total. The molecule has 0 atom stereocenters. The molecule has 0 aliphatic carbocycles. The van der Waals surface area contributed by atoms with Crippen LogP contribution in [-0.4, -0.2) is 114 Å². The lowest BCUT2D eigenvalue weighted by Gasteiger charge is -2.49. The van der Waals surface area contributed by atoms with Gasteiger partial charge in [0.1, 0.15) is 0 Å². The lowest BCUT2D eigenvalue weighted by atomic mass is 9.80. The minimum Gasteiger partial charge on any atom is -0.312 e. The molecule has 0 aromatic carbocycles. The molecular formula is C52H112N6. The van der Waals surface area contributed by atoms with Gasteiger partial charge in [0.2, 0.25) is 0 Å². The quantitative estimate of drug-likeness (QED) is 0.112. The smallest absolute Gasteiger partial charge is 0.0154 e. The number of hydrogen-bond acceptors (Lipinski definition) is 6. The maximum atomic E-state index is 4.13. The molecule has 0 rings (SSSR count). The Morgan fingerprint density at radius 3 is 0.569 bits per heavy atom. The molecule has 0 aliphatic heterocycles. The first kappa shape index (κ1) is 57.8. The van der Waals surface area contributed by atoms with E-state index in [2.05, 4.69) is 224 Å². The molecule has 58 heavy (non-hydrogen) atoms. The maximum Gasteiger partial charge on any atom is 0.0154 e. The molecule has 0 unspecified atom stereocenters. The Hall–Kier alpha value is -0.240. The van der Waals surface area contributed by atoms with Gasteiger partial charge < -0.3 is 10.6 Å². The van der Waals surface area contributed by atoms with Crippen LogP contribution < -0.4 is 10.6 Å². The van der Waals surface area contributed by atoms with Crippen LogP contribution in [0.2, 0.25) is 0 Å². The predicted molar refractivity (Wildman–Crippen MR) is 264 cm³/mol. The van der Waals surface area contributed by atoms with Gasteiger partial charge in [0.15, 0.2) is 0 Å². The highest BCUT2D eigenvalue weighted by Gasteiger charge is 2.39. The van der Waals surface area contributed by atoms with E-state index in [1.54, 1.807) is 0 Å². The van der Waals surface area contributed by atoms with Gasteiger partial charge in [0, 0.05) is 55.4 Å². The largest absolute Gasteiger partial charge is 0.312 e. The highest BCUT2D eigenvalue weighted by molar-refractivity contribution is 4.96. The summed E-state index contributed by atoms with van der Waals surface area (Å²) in [5.41, 5.74) is 1.08. The first-order valence-electron chi connectivity index (χ1n) is 24.0. The molecule has 0 saturated heterocycles. The summed E-state index contributed by atoms with van der Waals surface area (Å²) in [6.07, 6.45) is 7.13. The average Bonchev–Trinajstić information content (AvgIpc) is 2.91. The van der Waals surface area contributed by atoms with Crippen molar-refractivity contribution in [3.05, 3.63) is 0 Å². The van der Waals surface area contributed by atoms with Gasteiger partial charge >= 0.3 is 0 Å². The van der Waals surface area contributed by atoms with Crippen molar-refractivity contribution in [2.45, 2.75) is 288 Å². The molecule has 2 N–H and O–H groups in total. The van der Waals surface area contributed by atoms with Gasteiger partial charge in [-0.1, -0.05) is 0 Å². The topological polar surface area (TPSA) is 37.0 Å². The van der Waals surface area contributed by atoms with Gasteiger partial charge in [-0.25, -0.2) is 0 Å². The van der Waals surface area contributed by atoms with Crippen molar-refractivity contribution in [2.24, 2.45) is 11.8 Å². The van der Waals surface area contributed by atoms with E-state index >= 15 is 0 Å². The number of rotatable bonds is 21. The van der Waals surface area contributed by atoms with Gasteiger partial charge in [-0.3, -0.25) is 19.6 Å². The number of hydrogen-bond donors (Lipinski definition) is 2.